The van der Waals surface area contributed by atoms with Crippen molar-refractivity contribution in [1.82, 2.24) is 10.2 Å². The molecule has 1 fully saturated rings. The molecule has 0 aromatic carbocycles. The standard InChI is InChI=1S/C14H30N2/c1-14(2,3)12-16(4)11-7-9-13-8-5-6-10-15-13/h13,15H,5-12H2,1-4H3. The first-order valence-corrected chi connectivity index (χ1v) is 6.89. The second-order valence-electron chi connectivity index (χ2n) is 6.59. The van der Waals surface area contributed by atoms with Crippen molar-refractivity contribution in [3.05, 3.63) is 0 Å². The van der Waals surface area contributed by atoms with Crippen molar-refractivity contribution < 1.29 is 0 Å². The minimum absolute atomic E-state index is 0.428. The Morgan fingerprint density at radius 2 is 2.00 bits per heavy atom. The molecule has 1 atom stereocenters. The lowest BCUT2D eigenvalue weighted by atomic mass is 9.96. The summed E-state index contributed by atoms with van der Waals surface area (Å²) in [5.74, 6) is 0. The number of hydrogen-bond acceptors (Lipinski definition) is 2. The zero-order valence-electron chi connectivity index (χ0n) is 11.7. The van der Waals surface area contributed by atoms with Crippen LogP contribution in [0.1, 0.15) is 52.9 Å². The zero-order valence-corrected chi connectivity index (χ0v) is 11.7. The molecule has 0 aromatic heterocycles. The first-order chi connectivity index (χ1) is 7.47. The highest BCUT2D eigenvalue weighted by molar-refractivity contribution is 4.73. The second kappa shape index (κ2) is 6.61. The van der Waals surface area contributed by atoms with Gasteiger partial charge in [-0.3, -0.25) is 0 Å². The SMILES string of the molecule is CN(CCCC1CCCCN1)CC(C)(C)C. The van der Waals surface area contributed by atoms with Gasteiger partial charge in [-0.1, -0.05) is 27.2 Å². The lowest BCUT2D eigenvalue weighted by Gasteiger charge is -2.28. The van der Waals surface area contributed by atoms with Gasteiger partial charge in [-0.05, 0) is 51.2 Å². The molecule has 1 rings (SSSR count). The highest BCUT2D eigenvalue weighted by atomic mass is 15.1. The summed E-state index contributed by atoms with van der Waals surface area (Å²) >= 11 is 0. The summed E-state index contributed by atoms with van der Waals surface area (Å²) in [7, 11) is 2.25. The van der Waals surface area contributed by atoms with Gasteiger partial charge in [0, 0.05) is 12.6 Å². The first kappa shape index (κ1) is 14.0. The van der Waals surface area contributed by atoms with E-state index in [0.717, 1.165) is 6.04 Å². The number of nitrogens with zero attached hydrogens (tertiary/aromatic N) is 1. The maximum absolute atomic E-state index is 3.62. The van der Waals surface area contributed by atoms with Crippen molar-refractivity contribution in [2.75, 3.05) is 26.7 Å². The normalized spacial score (nSPS) is 22.7. The average molecular weight is 226 g/mol. The Labute approximate surface area is 102 Å². The van der Waals surface area contributed by atoms with Gasteiger partial charge in [0.15, 0.2) is 0 Å². The summed E-state index contributed by atoms with van der Waals surface area (Å²) in [6, 6.07) is 0.803. The Kier molecular flexibility index (Phi) is 5.77. The molecule has 0 radical (unpaired) electrons. The van der Waals surface area contributed by atoms with E-state index in [1.54, 1.807) is 0 Å². The molecule has 1 saturated heterocycles. The Hall–Kier alpha value is -0.0800. The molecule has 0 bridgehead atoms. The van der Waals surface area contributed by atoms with Gasteiger partial charge in [0.2, 0.25) is 0 Å². The van der Waals surface area contributed by atoms with Crippen LogP contribution in [0.2, 0.25) is 0 Å². The van der Waals surface area contributed by atoms with Crippen LogP contribution in [0.15, 0.2) is 0 Å². The predicted octanol–water partition coefficient (Wildman–Crippen LogP) is 2.89. The third-order valence-electron chi connectivity index (χ3n) is 3.25. The minimum Gasteiger partial charge on any atom is -0.314 e. The predicted molar refractivity (Wildman–Crippen MR) is 71.8 cm³/mol. The van der Waals surface area contributed by atoms with Crippen molar-refractivity contribution in [2.24, 2.45) is 5.41 Å². The molecule has 1 N–H and O–H groups in total. The van der Waals surface area contributed by atoms with Crippen LogP contribution in [-0.2, 0) is 0 Å². The summed E-state index contributed by atoms with van der Waals surface area (Å²) < 4.78 is 0. The summed E-state index contributed by atoms with van der Waals surface area (Å²) in [6.07, 6.45) is 6.89. The zero-order chi connectivity index (χ0) is 12.0. The molecule has 0 saturated carbocycles. The molecule has 1 aliphatic heterocycles. The van der Waals surface area contributed by atoms with Gasteiger partial charge in [-0.2, -0.15) is 0 Å². The van der Waals surface area contributed by atoms with Gasteiger partial charge in [0.1, 0.15) is 0 Å². The molecule has 2 heteroatoms. The summed E-state index contributed by atoms with van der Waals surface area (Å²) in [6.45, 7) is 10.6. The Balaban J connectivity index is 2.05. The second-order valence-corrected chi connectivity index (χ2v) is 6.59. The minimum atomic E-state index is 0.428. The molecule has 0 aromatic rings. The van der Waals surface area contributed by atoms with E-state index in [9.17, 15) is 0 Å². The van der Waals surface area contributed by atoms with Gasteiger partial charge >= 0.3 is 0 Å². The van der Waals surface area contributed by atoms with Gasteiger partial charge < -0.3 is 10.2 Å². The number of hydrogen-bond donors (Lipinski definition) is 1. The van der Waals surface area contributed by atoms with E-state index in [-0.39, 0.29) is 0 Å². The quantitative estimate of drug-likeness (QED) is 0.775. The molecule has 2 nitrogen and oxygen atoms in total. The average Bonchev–Trinajstić information content (AvgIpc) is 2.16. The number of piperidine rings is 1. The van der Waals surface area contributed by atoms with E-state index < -0.39 is 0 Å². The Morgan fingerprint density at radius 3 is 2.56 bits per heavy atom. The largest absolute Gasteiger partial charge is 0.314 e. The topological polar surface area (TPSA) is 15.3 Å². The lowest BCUT2D eigenvalue weighted by Crippen LogP contribution is -2.35. The maximum Gasteiger partial charge on any atom is 0.00675 e. The van der Waals surface area contributed by atoms with E-state index in [1.165, 1.54) is 51.7 Å². The van der Waals surface area contributed by atoms with Crippen molar-refractivity contribution in [2.45, 2.75) is 58.9 Å². The van der Waals surface area contributed by atoms with Crippen LogP contribution in [0.5, 0.6) is 0 Å². The highest BCUT2D eigenvalue weighted by Gasteiger charge is 2.15. The number of nitrogens with one attached hydrogen (secondary N) is 1. The number of rotatable bonds is 5. The van der Waals surface area contributed by atoms with E-state index >= 15 is 0 Å². The Bertz CT molecular complexity index is 178. The van der Waals surface area contributed by atoms with E-state index in [1.807, 2.05) is 0 Å². The molecule has 0 amide bonds. The molecule has 16 heavy (non-hydrogen) atoms. The molecule has 0 aliphatic carbocycles. The fourth-order valence-corrected chi connectivity index (χ4v) is 2.67. The fraction of sp³-hybridized carbons (Fsp3) is 1.00. The van der Waals surface area contributed by atoms with Crippen LogP contribution >= 0.6 is 0 Å². The molecule has 1 aliphatic rings. The molecule has 1 unspecified atom stereocenters. The van der Waals surface area contributed by atoms with Gasteiger partial charge in [0.25, 0.3) is 0 Å². The third kappa shape index (κ3) is 6.49. The highest BCUT2D eigenvalue weighted by Crippen LogP contribution is 2.15. The van der Waals surface area contributed by atoms with E-state index in [4.69, 9.17) is 0 Å². The summed E-state index contributed by atoms with van der Waals surface area (Å²) in [5.41, 5.74) is 0.428. The summed E-state index contributed by atoms with van der Waals surface area (Å²) in [5, 5.41) is 3.62. The first-order valence-electron chi connectivity index (χ1n) is 6.89. The smallest absolute Gasteiger partial charge is 0.00675 e. The van der Waals surface area contributed by atoms with Crippen molar-refractivity contribution >= 4 is 0 Å². The molecular formula is C14H30N2. The van der Waals surface area contributed by atoms with Crippen LogP contribution < -0.4 is 5.32 Å². The lowest BCUT2D eigenvalue weighted by molar-refractivity contribution is 0.219. The molecular weight excluding hydrogens is 196 g/mol. The van der Waals surface area contributed by atoms with Crippen LogP contribution in [0.4, 0.5) is 0 Å². The fourth-order valence-electron chi connectivity index (χ4n) is 2.67. The van der Waals surface area contributed by atoms with Crippen LogP contribution in [-0.4, -0.2) is 37.6 Å². The van der Waals surface area contributed by atoms with Crippen molar-refractivity contribution in [1.29, 1.82) is 0 Å². The maximum atomic E-state index is 3.62. The van der Waals surface area contributed by atoms with E-state index in [2.05, 4.69) is 38.0 Å². The van der Waals surface area contributed by atoms with Crippen LogP contribution in [0.3, 0.4) is 0 Å². The molecule has 96 valence electrons. The van der Waals surface area contributed by atoms with Crippen LogP contribution in [0, 0.1) is 5.41 Å². The van der Waals surface area contributed by atoms with Crippen molar-refractivity contribution in [3.63, 3.8) is 0 Å². The van der Waals surface area contributed by atoms with E-state index in [0.29, 0.717) is 5.41 Å². The molecule has 1 heterocycles. The molecule has 0 spiro atoms. The third-order valence-corrected chi connectivity index (χ3v) is 3.25. The Morgan fingerprint density at radius 1 is 1.25 bits per heavy atom. The van der Waals surface area contributed by atoms with Crippen molar-refractivity contribution in [3.8, 4) is 0 Å². The van der Waals surface area contributed by atoms with Gasteiger partial charge in [-0.15, -0.1) is 0 Å². The van der Waals surface area contributed by atoms with Gasteiger partial charge in [0.05, 0.1) is 0 Å². The monoisotopic (exact) mass is 226 g/mol. The van der Waals surface area contributed by atoms with Gasteiger partial charge in [-0.25, -0.2) is 0 Å². The summed E-state index contributed by atoms with van der Waals surface area (Å²) in [4.78, 5) is 2.48. The van der Waals surface area contributed by atoms with Crippen LogP contribution in [0.25, 0.3) is 0 Å².